The van der Waals surface area contributed by atoms with Crippen LogP contribution in [0.1, 0.15) is 12.5 Å². The first-order valence-electron chi connectivity index (χ1n) is 11.5. The van der Waals surface area contributed by atoms with E-state index in [0.717, 1.165) is 34.5 Å². The van der Waals surface area contributed by atoms with Crippen LogP contribution in [0.3, 0.4) is 0 Å². The fraction of sp³-hybridized carbons (Fsp3) is 0.280. The largest absolute Gasteiger partial charge is 0.408 e. The van der Waals surface area contributed by atoms with Gasteiger partial charge < -0.3 is 15.3 Å². The molecule has 0 saturated heterocycles. The molecule has 2 N–H and O–H groups in total. The number of halogens is 3. The molecule has 2 atom stereocenters. The predicted molar refractivity (Wildman–Crippen MR) is 132 cm³/mol. The Morgan fingerprint density at radius 1 is 1.16 bits per heavy atom. The molecule has 4 heterocycles. The maximum atomic E-state index is 12.9. The first-order valence-corrected chi connectivity index (χ1v) is 11.5. The fourth-order valence-corrected chi connectivity index (χ4v) is 4.47. The third-order valence-electron chi connectivity index (χ3n) is 6.44. The number of nitrogens with one attached hydrogen (secondary N) is 1. The quantitative estimate of drug-likeness (QED) is 0.422. The van der Waals surface area contributed by atoms with E-state index in [2.05, 4.69) is 15.1 Å². The predicted octanol–water partition coefficient (Wildman–Crippen LogP) is 3.64. The van der Waals surface area contributed by atoms with Gasteiger partial charge in [0.05, 0.1) is 29.3 Å². The van der Waals surface area contributed by atoms with Gasteiger partial charge in [0, 0.05) is 36.0 Å². The highest BCUT2D eigenvalue weighted by Gasteiger charge is 2.40. The van der Waals surface area contributed by atoms with Crippen LogP contribution in [-0.2, 0) is 11.8 Å². The summed E-state index contributed by atoms with van der Waals surface area (Å²) in [5.41, 5.74) is 4.44. The minimum absolute atomic E-state index is 0.407. The molecule has 1 aliphatic rings. The molecular formula is C25H24F3N7O2. The van der Waals surface area contributed by atoms with Crippen molar-refractivity contribution < 1.29 is 23.1 Å². The number of anilines is 3. The lowest BCUT2D eigenvalue weighted by Gasteiger charge is -2.28. The van der Waals surface area contributed by atoms with Crippen LogP contribution in [0.2, 0.25) is 0 Å². The van der Waals surface area contributed by atoms with E-state index in [1.165, 1.54) is 4.90 Å². The number of carbonyl (C=O) groups is 1. The zero-order valence-electron chi connectivity index (χ0n) is 20.2. The second kappa shape index (κ2) is 9.04. The van der Waals surface area contributed by atoms with Crippen LogP contribution in [0.25, 0.3) is 22.0 Å². The van der Waals surface area contributed by atoms with E-state index in [1.807, 2.05) is 31.4 Å². The highest BCUT2D eigenvalue weighted by molar-refractivity contribution is 5.94. The number of aliphatic hydroxyl groups is 1. The zero-order valence-corrected chi connectivity index (χ0v) is 20.2. The van der Waals surface area contributed by atoms with Crippen LogP contribution < -0.4 is 15.1 Å². The zero-order chi connectivity index (χ0) is 26.5. The molecule has 37 heavy (non-hydrogen) atoms. The van der Waals surface area contributed by atoms with Gasteiger partial charge >= 0.3 is 6.18 Å². The lowest BCUT2D eigenvalue weighted by Crippen LogP contribution is -2.50. The number of hydrogen-bond acceptors (Lipinski definition) is 7. The highest BCUT2D eigenvalue weighted by atomic mass is 19.4. The summed E-state index contributed by atoms with van der Waals surface area (Å²) in [6.07, 6.45) is 0.948. The van der Waals surface area contributed by atoms with Crippen LogP contribution in [-0.4, -0.2) is 55.9 Å². The Hall–Kier alpha value is -4.19. The molecule has 1 aromatic carbocycles. The van der Waals surface area contributed by atoms with Gasteiger partial charge in [-0.15, -0.1) is 0 Å². The number of pyridine rings is 2. The van der Waals surface area contributed by atoms with Crippen LogP contribution in [0.5, 0.6) is 0 Å². The summed E-state index contributed by atoms with van der Waals surface area (Å²) in [5, 5.41) is 18.4. The molecule has 0 radical (unpaired) electrons. The topological polar surface area (TPSA) is 99.4 Å². The normalized spacial score (nSPS) is 16.2. The molecule has 0 fully saturated rings. The second-order valence-corrected chi connectivity index (χ2v) is 8.91. The van der Waals surface area contributed by atoms with E-state index in [0.29, 0.717) is 17.2 Å². The molecule has 9 nitrogen and oxygen atoms in total. The Morgan fingerprint density at radius 3 is 2.65 bits per heavy atom. The Labute approximate surface area is 210 Å². The summed E-state index contributed by atoms with van der Waals surface area (Å²) in [4.78, 5) is 24.2. The molecular weight excluding hydrogens is 487 g/mol. The van der Waals surface area contributed by atoms with Gasteiger partial charge in [-0.3, -0.25) is 19.4 Å². The number of fused-ring (bicyclic) bond motifs is 2. The molecule has 4 aromatic rings. The van der Waals surface area contributed by atoms with E-state index in [-0.39, 0.29) is 0 Å². The Bertz CT molecular complexity index is 1470. The molecule has 192 valence electrons. The van der Waals surface area contributed by atoms with Gasteiger partial charge in [0.15, 0.2) is 0 Å². The van der Waals surface area contributed by atoms with Crippen molar-refractivity contribution in [3.8, 4) is 11.1 Å². The number of amides is 1. The average Bonchev–Trinajstić information content (AvgIpc) is 3.37. The number of alkyl halides is 3. The van der Waals surface area contributed by atoms with Crippen molar-refractivity contribution in [2.45, 2.75) is 32.4 Å². The van der Waals surface area contributed by atoms with E-state index in [1.54, 1.807) is 52.6 Å². The molecule has 5 rings (SSSR count). The summed E-state index contributed by atoms with van der Waals surface area (Å²) in [5.74, 6) is -0.455. The molecule has 12 heteroatoms. The van der Waals surface area contributed by atoms with Gasteiger partial charge in [0.2, 0.25) is 12.3 Å². The van der Waals surface area contributed by atoms with Crippen molar-refractivity contribution >= 4 is 34.0 Å². The van der Waals surface area contributed by atoms with Gasteiger partial charge in [0.1, 0.15) is 18.4 Å². The molecule has 1 aliphatic heterocycles. The standard InChI is InChI=1S/C25H24F3N7O2/c1-14-5-4-6-19-23(14)35(24(37)34(19)13-22(36)32-15(2)25(26,27)28)21-8-7-16(9-30-21)17-10-29-12-20-18(17)11-31-33(20)3/h4-12,15,24,37H,13H2,1-3H3,(H,32,36). The number of carbonyl (C=O) groups excluding carboxylic acids is 1. The third kappa shape index (κ3) is 4.33. The van der Waals surface area contributed by atoms with Crippen molar-refractivity contribution in [1.82, 2.24) is 25.1 Å². The number of rotatable bonds is 5. The Morgan fingerprint density at radius 2 is 1.95 bits per heavy atom. The monoisotopic (exact) mass is 511 g/mol. The van der Waals surface area contributed by atoms with Gasteiger partial charge in [-0.1, -0.05) is 12.1 Å². The number of benzene rings is 1. The van der Waals surface area contributed by atoms with Crippen molar-refractivity contribution in [3.63, 3.8) is 0 Å². The molecule has 0 aliphatic carbocycles. The lowest BCUT2D eigenvalue weighted by atomic mass is 10.1. The minimum atomic E-state index is -4.57. The molecule has 0 bridgehead atoms. The summed E-state index contributed by atoms with van der Waals surface area (Å²) >= 11 is 0. The number of aliphatic hydroxyl groups excluding tert-OH is 1. The smallest absolute Gasteiger partial charge is 0.356 e. The maximum Gasteiger partial charge on any atom is 0.408 e. The summed E-state index contributed by atoms with van der Waals surface area (Å²) < 4.78 is 40.5. The molecule has 0 spiro atoms. The molecule has 0 saturated carbocycles. The fourth-order valence-electron chi connectivity index (χ4n) is 4.47. The first kappa shape index (κ1) is 24.5. The molecule has 2 unspecified atom stereocenters. The highest BCUT2D eigenvalue weighted by Crippen LogP contribution is 2.45. The Kier molecular flexibility index (Phi) is 5.98. The van der Waals surface area contributed by atoms with Crippen molar-refractivity contribution in [2.24, 2.45) is 7.05 Å². The number of hydrogen-bond donors (Lipinski definition) is 2. The Balaban J connectivity index is 1.45. The van der Waals surface area contributed by atoms with Crippen LogP contribution >= 0.6 is 0 Å². The molecule has 3 aromatic heterocycles. The number of nitrogens with zero attached hydrogens (tertiary/aromatic N) is 6. The van der Waals surface area contributed by atoms with Gasteiger partial charge in [-0.05, 0) is 37.6 Å². The van der Waals surface area contributed by atoms with Crippen LogP contribution in [0.15, 0.2) is 55.1 Å². The lowest BCUT2D eigenvalue weighted by molar-refractivity contribution is -0.157. The summed E-state index contributed by atoms with van der Waals surface area (Å²) in [7, 11) is 1.83. The van der Waals surface area contributed by atoms with Crippen LogP contribution in [0, 0.1) is 6.92 Å². The number of para-hydroxylation sites is 1. The summed E-state index contributed by atoms with van der Waals surface area (Å²) in [6, 6.07) is 6.87. The summed E-state index contributed by atoms with van der Waals surface area (Å²) in [6.45, 7) is 2.24. The van der Waals surface area contributed by atoms with E-state index in [9.17, 15) is 23.1 Å². The van der Waals surface area contributed by atoms with Crippen molar-refractivity contribution in [2.75, 3.05) is 16.3 Å². The van der Waals surface area contributed by atoms with Crippen LogP contribution in [0.4, 0.5) is 30.4 Å². The second-order valence-electron chi connectivity index (χ2n) is 8.91. The van der Waals surface area contributed by atoms with Gasteiger partial charge in [-0.25, -0.2) is 4.98 Å². The third-order valence-corrected chi connectivity index (χ3v) is 6.44. The maximum absolute atomic E-state index is 12.9. The average molecular weight is 512 g/mol. The van der Waals surface area contributed by atoms with E-state index >= 15 is 0 Å². The van der Waals surface area contributed by atoms with Crippen molar-refractivity contribution in [1.29, 1.82) is 0 Å². The van der Waals surface area contributed by atoms with E-state index in [4.69, 9.17) is 0 Å². The van der Waals surface area contributed by atoms with Gasteiger partial charge in [-0.2, -0.15) is 18.3 Å². The number of aryl methyl sites for hydroxylation is 2. The minimum Gasteiger partial charge on any atom is -0.356 e. The SMILES string of the molecule is Cc1cccc2c1N(c1ccc(-c3cncc4c3cnn4C)cn1)C(O)N2CC(=O)NC(C)C(F)(F)F. The van der Waals surface area contributed by atoms with Crippen molar-refractivity contribution in [3.05, 3.63) is 60.7 Å². The number of aromatic nitrogens is 4. The molecule has 1 amide bonds. The first-order chi connectivity index (χ1) is 17.6. The van der Waals surface area contributed by atoms with Gasteiger partial charge in [0.25, 0.3) is 0 Å². The van der Waals surface area contributed by atoms with E-state index < -0.39 is 31.0 Å².